The van der Waals surface area contributed by atoms with Crippen LogP contribution in [0.15, 0.2) is 36.7 Å². The highest BCUT2D eigenvalue weighted by Crippen LogP contribution is 2.14. The smallest absolute Gasteiger partial charge is 0.310 e. The lowest BCUT2D eigenvalue weighted by atomic mass is 10.1. The molecule has 27 heavy (non-hydrogen) atoms. The summed E-state index contributed by atoms with van der Waals surface area (Å²) in [5.74, 6) is -0.255. The van der Waals surface area contributed by atoms with Gasteiger partial charge in [-0.3, -0.25) is 9.59 Å². The van der Waals surface area contributed by atoms with Gasteiger partial charge in [0.1, 0.15) is 6.33 Å². The van der Waals surface area contributed by atoms with Crippen LogP contribution in [-0.4, -0.2) is 50.0 Å². The van der Waals surface area contributed by atoms with Crippen LogP contribution in [0.3, 0.4) is 0 Å². The average molecular weight is 367 g/mol. The predicted molar refractivity (Wildman–Crippen MR) is 97.8 cm³/mol. The number of aryl methyl sites for hydroxylation is 2. The molecule has 0 spiro atoms. The molecule has 0 aliphatic heterocycles. The van der Waals surface area contributed by atoms with E-state index in [2.05, 4.69) is 15.1 Å². The second-order valence-corrected chi connectivity index (χ2v) is 6.31. The Hall–Kier alpha value is -3.29. The first kappa shape index (κ1) is 18.5. The van der Waals surface area contributed by atoms with Gasteiger partial charge >= 0.3 is 5.97 Å². The molecule has 140 valence electrons. The number of amides is 1. The lowest BCUT2D eigenvalue weighted by Gasteiger charge is -2.17. The lowest BCUT2D eigenvalue weighted by Crippen LogP contribution is -2.31. The van der Waals surface area contributed by atoms with Crippen molar-refractivity contribution in [2.75, 3.05) is 13.7 Å². The van der Waals surface area contributed by atoms with E-state index in [1.54, 1.807) is 11.6 Å². The van der Waals surface area contributed by atoms with Crippen molar-refractivity contribution in [3.8, 4) is 0 Å². The second-order valence-electron chi connectivity index (χ2n) is 6.31. The minimum Gasteiger partial charge on any atom is -0.455 e. The number of carbonyl (C=O) groups is 2. The molecule has 0 atom stereocenters. The first-order chi connectivity index (χ1) is 13.0. The van der Waals surface area contributed by atoms with E-state index in [4.69, 9.17) is 4.74 Å². The van der Waals surface area contributed by atoms with Gasteiger partial charge in [-0.1, -0.05) is 30.3 Å². The van der Waals surface area contributed by atoms with Crippen LogP contribution in [0.4, 0.5) is 0 Å². The molecule has 0 radical (unpaired) electrons. The Morgan fingerprint density at radius 3 is 2.67 bits per heavy atom. The van der Waals surface area contributed by atoms with Crippen LogP contribution in [0.1, 0.15) is 22.5 Å². The van der Waals surface area contributed by atoms with E-state index in [9.17, 15) is 9.59 Å². The van der Waals surface area contributed by atoms with Gasteiger partial charge in [-0.2, -0.15) is 10.1 Å². The molecule has 0 aliphatic carbocycles. The fourth-order valence-corrected chi connectivity index (χ4v) is 2.80. The molecule has 0 aliphatic rings. The third kappa shape index (κ3) is 4.28. The molecule has 0 unspecified atom stereocenters. The fraction of sp³-hybridized carbons (Fsp3) is 0.316. The van der Waals surface area contributed by atoms with E-state index in [0.29, 0.717) is 18.0 Å². The summed E-state index contributed by atoms with van der Waals surface area (Å²) in [5, 5.41) is 4.09. The van der Waals surface area contributed by atoms with Crippen molar-refractivity contribution in [1.82, 2.24) is 24.5 Å². The molecule has 0 saturated heterocycles. The minimum atomic E-state index is -0.482. The van der Waals surface area contributed by atoms with Crippen LogP contribution in [0.25, 0.3) is 5.78 Å². The van der Waals surface area contributed by atoms with E-state index < -0.39 is 5.97 Å². The molecule has 1 aromatic carbocycles. The molecule has 2 aromatic heterocycles. The van der Waals surface area contributed by atoms with Crippen molar-refractivity contribution in [2.45, 2.75) is 26.8 Å². The van der Waals surface area contributed by atoms with Crippen LogP contribution >= 0.6 is 0 Å². The monoisotopic (exact) mass is 367 g/mol. The number of rotatable bonds is 6. The Kier molecular flexibility index (Phi) is 5.44. The molecule has 0 fully saturated rings. The number of likely N-dealkylation sites (N-methyl/N-ethyl adjacent to an activating group) is 1. The summed E-state index contributed by atoms with van der Waals surface area (Å²) < 4.78 is 6.74. The number of fused-ring (bicyclic) bond motifs is 1. The van der Waals surface area contributed by atoms with Gasteiger partial charge in [-0.15, -0.1) is 0 Å². The Morgan fingerprint density at radius 1 is 1.19 bits per heavy atom. The predicted octanol–water partition coefficient (Wildman–Crippen LogP) is 1.49. The molecule has 3 aromatic rings. The van der Waals surface area contributed by atoms with Gasteiger partial charge in [0.15, 0.2) is 6.61 Å². The zero-order chi connectivity index (χ0) is 19.4. The molecular formula is C19H21N5O3. The van der Waals surface area contributed by atoms with Gasteiger partial charge in [0.25, 0.3) is 11.7 Å². The van der Waals surface area contributed by atoms with Crippen molar-refractivity contribution in [3.63, 3.8) is 0 Å². The highest BCUT2D eigenvalue weighted by molar-refractivity contribution is 5.81. The number of hydrogen-bond acceptors (Lipinski definition) is 6. The third-order valence-electron chi connectivity index (χ3n) is 4.35. The Balaban J connectivity index is 1.57. The molecule has 8 nitrogen and oxygen atoms in total. The third-order valence-corrected chi connectivity index (χ3v) is 4.35. The SMILES string of the molecule is Cc1nc2ncnn2c(C)c1CC(=O)OCC(=O)N(C)Cc1ccccc1. The average Bonchev–Trinajstić information content (AvgIpc) is 3.12. The van der Waals surface area contributed by atoms with Crippen LogP contribution < -0.4 is 0 Å². The molecular weight excluding hydrogens is 346 g/mol. The molecule has 3 rings (SSSR count). The number of benzene rings is 1. The normalized spacial score (nSPS) is 10.8. The van der Waals surface area contributed by atoms with Crippen LogP contribution in [-0.2, 0) is 27.3 Å². The summed E-state index contributed by atoms with van der Waals surface area (Å²) >= 11 is 0. The maximum absolute atomic E-state index is 12.2. The zero-order valence-electron chi connectivity index (χ0n) is 15.5. The first-order valence-electron chi connectivity index (χ1n) is 8.55. The molecule has 0 bridgehead atoms. The minimum absolute atomic E-state index is 0.0240. The molecule has 2 heterocycles. The van der Waals surface area contributed by atoms with E-state index in [-0.39, 0.29) is 18.9 Å². The number of hydrogen-bond donors (Lipinski definition) is 0. The van der Waals surface area contributed by atoms with Gasteiger partial charge in [-0.05, 0) is 19.4 Å². The van der Waals surface area contributed by atoms with Crippen molar-refractivity contribution in [1.29, 1.82) is 0 Å². The Bertz CT molecular complexity index is 968. The van der Waals surface area contributed by atoms with Gasteiger partial charge in [0, 0.05) is 30.5 Å². The quantitative estimate of drug-likeness (QED) is 0.613. The maximum Gasteiger partial charge on any atom is 0.310 e. The summed E-state index contributed by atoms with van der Waals surface area (Å²) in [6, 6.07) is 9.63. The molecule has 0 N–H and O–H groups in total. The Morgan fingerprint density at radius 2 is 1.93 bits per heavy atom. The van der Waals surface area contributed by atoms with Crippen LogP contribution in [0.2, 0.25) is 0 Å². The van der Waals surface area contributed by atoms with Gasteiger partial charge in [-0.25, -0.2) is 9.50 Å². The summed E-state index contributed by atoms with van der Waals surface area (Å²) in [5.41, 5.74) is 3.21. The van der Waals surface area contributed by atoms with Crippen molar-refractivity contribution in [3.05, 3.63) is 59.2 Å². The summed E-state index contributed by atoms with van der Waals surface area (Å²) in [6.07, 6.45) is 1.44. The summed E-state index contributed by atoms with van der Waals surface area (Å²) in [4.78, 5) is 34.3. The van der Waals surface area contributed by atoms with Crippen molar-refractivity contribution in [2.24, 2.45) is 0 Å². The lowest BCUT2D eigenvalue weighted by molar-refractivity contribution is -0.151. The Labute approximate surface area is 156 Å². The summed E-state index contributed by atoms with van der Waals surface area (Å²) in [7, 11) is 1.68. The number of carbonyl (C=O) groups excluding carboxylic acids is 2. The highest BCUT2D eigenvalue weighted by atomic mass is 16.5. The van der Waals surface area contributed by atoms with E-state index in [1.165, 1.54) is 11.2 Å². The number of aromatic nitrogens is 4. The van der Waals surface area contributed by atoms with Gasteiger partial charge < -0.3 is 9.64 Å². The van der Waals surface area contributed by atoms with Crippen molar-refractivity contribution >= 4 is 17.7 Å². The fourth-order valence-electron chi connectivity index (χ4n) is 2.80. The molecule has 0 saturated carbocycles. The number of nitrogens with zero attached hydrogens (tertiary/aromatic N) is 5. The standard InChI is InChI=1S/C19H21N5O3/c1-13-16(14(2)24-19(22-13)20-12-21-24)9-18(26)27-11-17(25)23(3)10-15-7-5-4-6-8-15/h4-8,12H,9-11H2,1-3H3. The van der Waals surface area contributed by atoms with Crippen molar-refractivity contribution < 1.29 is 14.3 Å². The van der Waals surface area contributed by atoms with E-state index in [1.807, 2.05) is 44.2 Å². The van der Waals surface area contributed by atoms with E-state index in [0.717, 1.165) is 16.8 Å². The highest BCUT2D eigenvalue weighted by Gasteiger charge is 2.17. The number of ether oxygens (including phenoxy) is 1. The number of esters is 1. The zero-order valence-corrected chi connectivity index (χ0v) is 15.5. The summed E-state index contributed by atoms with van der Waals surface area (Å²) in [6.45, 7) is 3.82. The first-order valence-corrected chi connectivity index (χ1v) is 8.55. The largest absolute Gasteiger partial charge is 0.455 e. The van der Waals surface area contributed by atoms with Crippen LogP contribution in [0, 0.1) is 13.8 Å². The second kappa shape index (κ2) is 7.94. The maximum atomic E-state index is 12.2. The molecule has 8 heteroatoms. The molecule has 1 amide bonds. The van der Waals surface area contributed by atoms with Gasteiger partial charge in [0.05, 0.1) is 6.42 Å². The van der Waals surface area contributed by atoms with Gasteiger partial charge in [0.2, 0.25) is 0 Å². The topological polar surface area (TPSA) is 89.7 Å². The van der Waals surface area contributed by atoms with E-state index >= 15 is 0 Å². The van der Waals surface area contributed by atoms with Crippen LogP contribution in [0.5, 0.6) is 0 Å².